The summed E-state index contributed by atoms with van der Waals surface area (Å²) in [6.45, 7) is 7.96. The van der Waals surface area contributed by atoms with Crippen LogP contribution < -0.4 is 0 Å². The van der Waals surface area contributed by atoms with Gasteiger partial charge in [0.15, 0.2) is 0 Å². The SMILES string of the molecule is Cc1cc(CN2CCN(Cc3sc4ccccc4c3Cl)CC2)no1. The van der Waals surface area contributed by atoms with E-state index >= 15 is 0 Å². The molecule has 3 heterocycles. The molecule has 1 fully saturated rings. The maximum atomic E-state index is 6.57. The van der Waals surface area contributed by atoms with E-state index in [-0.39, 0.29) is 0 Å². The first-order chi connectivity index (χ1) is 11.7. The number of hydrogen-bond acceptors (Lipinski definition) is 5. The van der Waals surface area contributed by atoms with Crippen molar-refractivity contribution in [1.82, 2.24) is 15.0 Å². The minimum Gasteiger partial charge on any atom is -0.361 e. The van der Waals surface area contributed by atoms with E-state index in [1.807, 2.05) is 24.3 Å². The van der Waals surface area contributed by atoms with Crippen molar-refractivity contribution < 1.29 is 4.52 Å². The Labute approximate surface area is 150 Å². The highest BCUT2D eigenvalue weighted by Gasteiger charge is 2.20. The van der Waals surface area contributed by atoms with Crippen LogP contribution in [-0.2, 0) is 13.1 Å². The van der Waals surface area contributed by atoms with E-state index in [0.717, 1.165) is 55.7 Å². The minimum absolute atomic E-state index is 0.870. The molecule has 1 aliphatic rings. The number of benzene rings is 1. The van der Waals surface area contributed by atoms with Crippen LogP contribution in [0.2, 0.25) is 5.02 Å². The fourth-order valence-electron chi connectivity index (χ4n) is 3.20. The van der Waals surface area contributed by atoms with Crippen molar-refractivity contribution in [2.24, 2.45) is 0 Å². The van der Waals surface area contributed by atoms with Gasteiger partial charge in [-0.3, -0.25) is 9.80 Å². The van der Waals surface area contributed by atoms with Crippen LogP contribution in [0.3, 0.4) is 0 Å². The summed E-state index contributed by atoms with van der Waals surface area (Å²) in [5.41, 5.74) is 1.02. The molecule has 1 aliphatic heterocycles. The lowest BCUT2D eigenvalue weighted by Crippen LogP contribution is -2.45. The maximum absolute atomic E-state index is 6.57. The van der Waals surface area contributed by atoms with Crippen molar-refractivity contribution in [2.45, 2.75) is 20.0 Å². The molecule has 0 N–H and O–H groups in total. The van der Waals surface area contributed by atoms with Crippen molar-refractivity contribution >= 4 is 33.0 Å². The lowest BCUT2D eigenvalue weighted by molar-refractivity contribution is 0.121. The lowest BCUT2D eigenvalue weighted by Gasteiger charge is -2.34. The van der Waals surface area contributed by atoms with Crippen LogP contribution in [0.5, 0.6) is 0 Å². The topological polar surface area (TPSA) is 32.5 Å². The monoisotopic (exact) mass is 361 g/mol. The Balaban J connectivity index is 1.36. The number of hydrogen-bond donors (Lipinski definition) is 0. The quantitative estimate of drug-likeness (QED) is 0.698. The number of aromatic nitrogens is 1. The van der Waals surface area contributed by atoms with Gasteiger partial charge in [0.25, 0.3) is 0 Å². The number of halogens is 1. The van der Waals surface area contributed by atoms with Gasteiger partial charge in [0.1, 0.15) is 5.76 Å². The molecule has 0 spiro atoms. The Morgan fingerprint density at radius 2 is 1.83 bits per heavy atom. The number of thiophene rings is 1. The van der Waals surface area contributed by atoms with Gasteiger partial charge < -0.3 is 4.52 Å². The zero-order valence-corrected chi connectivity index (χ0v) is 15.2. The molecular weight excluding hydrogens is 342 g/mol. The highest BCUT2D eigenvalue weighted by atomic mass is 35.5. The average molecular weight is 362 g/mol. The summed E-state index contributed by atoms with van der Waals surface area (Å²) in [6, 6.07) is 10.4. The van der Waals surface area contributed by atoms with Crippen LogP contribution in [0.25, 0.3) is 10.1 Å². The van der Waals surface area contributed by atoms with Crippen LogP contribution in [0, 0.1) is 6.92 Å². The van der Waals surface area contributed by atoms with E-state index in [2.05, 4.69) is 39.2 Å². The Hall–Kier alpha value is -1.40. The van der Waals surface area contributed by atoms with E-state index in [9.17, 15) is 0 Å². The zero-order valence-electron chi connectivity index (χ0n) is 13.7. The van der Waals surface area contributed by atoms with Crippen molar-refractivity contribution in [2.75, 3.05) is 26.2 Å². The molecule has 6 heteroatoms. The second-order valence-electron chi connectivity index (χ2n) is 6.32. The van der Waals surface area contributed by atoms with E-state index in [1.54, 1.807) is 0 Å². The van der Waals surface area contributed by atoms with Crippen molar-refractivity contribution in [1.29, 1.82) is 0 Å². The molecule has 0 radical (unpaired) electrons. The molecule has 24 heavy (non-hydrogen) atoms. The average Bonchev–Trinajstić information content (AvgIpc) is 3.14. The van der Waals surface area contributed by atoms with E-state index in [1.165, 1.54) is 15.0 Å². The van der Waals surface area contributed by atoms with Crippen LogP contribution in [0.15, 0.2) is 34.9 Å². The third-order valence-corrected chi connectivity index (χ3v) is 6.20. The second-order valence-corrected chi connectivity index (χ2v) is 7.83. The molecule has 0 saturated carbocycles. The van der Waals surface area contributed by atoms with Crippen LogP contribution >= 0.6 is 22.9 Å². The van der Waals surface area contributed by atoms with Gasteiger partial charge in [-0.25, -0.2) is 0 Å². The van der Waals surface area contributed by atoms with E-state index < -0.39 is 0 Å². The van der Waals surface area contributed by atoms with Gasteiger partial charge in [0.05, 0.1) is 10.7 Å². The number of piperazine rings is 1. The first kappa shape index (κ1) is 16.1. The summed E-state index contributed by atoms with van der Waals surface area (Å²) >= 11 is 8.38. The van der Waals surface area contributed by atoms with E-state index in [0.29, 0.717) is 0 Å². The van der Waals surface area contributed by atoms with Crippen LogP contribution in [-0.4, -0.2) is 41.1 Å². The molecule has 2 aromatic heterocycles. The molecule has 0 unspecified atom stereocenters. The minimum atomic E-state index is 0.870. The fourth-order valence-corrected chi connectivity index (χ4v) is 4.73. The smallest absolute Gasteiger partial charge is 0.133 e. The first-order valence-electron chi connectivity index (χ1n) is 8.22. The molecule has 0 aliphatic carbocycles. The van der Waals surface area contributed by atoms with Gasteiger partial charge in [-0.05, 0) is 13.0 Å². The zero-order chi connectivity index (χ0) is 16.5. The molecule has 4 rings (SSSR count). The molecule has 1 aromatic carbocycles. The highest BCUT2D eigenvalue weighted by Crippen LogP contribution is 2.36. The van der Waals surface area contributed by atoms with E-state index in [4.69, 9.17) is 16.1 Å². The Kier molecular flexibility index (Phi) is 4.59. The van der Waals surface area contributed by atoms with Gasteiger partial charge in [0.2, 0.25) is 0 Å². The predicted octanol–water partition coefficient (Wildman–Crippen LogP) is 4.17. The summed E-state index contributed by atoms with van der Waals surface area (Å²) in [7, 11) is 0. The summed E-state index contributed by atoms with van der Waals surface area (Å²) in [5.74, 6) is 0.878. The number of rotatable bonds is 4. The molecule has 0 atom stereocenters. The number of fused-ring (bicyclic) bond motifs is 1. The summed E-state index contributed by atoms with van der Waals surface area (Å²) < 4.78 is 6.42. The predicted molar refractivity (Wildman–Crippen MR) is 98.6 cm³/mol. The molecule has 3 aromatic rings. The number of nitrogens with zero attached hydrogens (tertiary/aromatic N) is 3. The Morgan fingerprint density at radius 1 is 1.12 bits per heavy atom. The third kappa shape index (κ3) is 3.35. The van der Waals surface area contributed by atoms with Crippen molar-refractivity contribution in [3.63, 3.8) is 0 Å². The van der Waals surface area contributed by atoms with Gasteiger partial charge in [-0.15, -0.1) is 11.3 Å². The Morgan fingerprint density at radius 3 is 2.50 bits per heavy atom. The van der Waals surface area contributed by atoms with Crippen LogP contribution in [0.1, 0.15) is 16.3 Å². The Bertz CT molecular complexity index is 836. The first-order valence-corrected chi connectivity index (χ1v) is 9.41. The second kappa shape index (κ2) is 6.84. The van der Waals surface area contributed by atoms with Gasteiger partial charge in [-0.1, -0.05) is 35.0 Å². The summed E-state index contributed by atoms with van der Waals surface area (Å²) in [5, 5.41) is 6.19. The standard InChI is InChI=1S/C18H20ClN3OS/c1-13-10-14(20-23-13)11-21-6-8-22(9-7-21)12-17-18(19)15-4-2-3-5-16(15)24-17/h2-5,10H,6-9,11-12H2,1H3. The largest absolute Gasteiger partial charge is 0.361 e. The summed E-state index contributed by atoms with van der Waals surface area (Å²) in [6.07, 6.45) is 0. The fraction of sp³-hybridized carbons (Fsp3) is 0.389. The maximum Gasteiger partial charge on any atom is 0.133 e. The molecule has 0 amide bonds. The van der Waals surface area contributed by atoms with Gasteiger partial charge in [0, 0.05) is 60.3 Å². The summed E-state index contributed by atoms with van der Waals surface area (Å²) in [4.78, 5) is 6.19. The van der Waals surface area contributed by atoms with Gasteiger partial charge >= 0.3 is 0 Å². The lowest BCUT2D eigenvalue weighted by atomic mass is 10.2. The highest BCUT2D eigenvalue weighted by molar-refractivity contribution is 7.19. The van der Waals surface area contributed by atoms with Crippen molar-refractivity contribution in [3.05, 3.63) is 51.7 Å². The molecule has 1 saturated heterocycles. The number of aryl methyl sites for hydroxylation is 1. The third-order valence-electron chi connectivity index (χ3n) is 4.50. The van der Waals surface area contributed by atoms with Crippen LogP contribution in [0.4, 0.5) is 0 Å². The molecule has 4 nitrogen and oxygen atoms in total. The molecule has 0 bridgehead atoms. The van der Waals surface area contributed by atoms with Crippen molar-refractivity contribution in [3.8, 4) is 0 Å². The molecular formula is C18H20ClN3OS. The normalized spacial score (nSPS) is 16.9. The molecule has 126 valence electrons. The van der Waals surface area contributed by atoms with Gasteiger partial charge in [-0.2, -0.15) is 0 Å².